The van der Waals surface area contributed by atoms with Crippen molar-refractivity contribution in [3.05, 3.63) is 11.2 Å². The predicted octanol–water partition coefficient (Wildman–Crippen LogP) is 1.40. The van der Waals surface area contributed by atoms with Crippen molar-refractivity contribution in [3.63, 3.8) is 0 Å². The van der Waals surface area contributed by atoms with Crippen LogP contribution in [0.15, 0.2) is 11.2 Å². The molecule has 0 N–H and O–H groups in total. The van der Waals surface area contributed by atoms with Gasteiger partial charge in [0.25, 0.3) is 0 Å². The second kappa shape index (κ2) is 4.57. The molecule has 0 bridgehead atoms. The van der Waals surface area contributed by atoms with Crippen molar-refractivity contribution >= 4 is 33.7 Å². The quantitative estimate of drug-likeness (QED) is 0.395. The summed E-state index contributed by atoms with van der Waals surface area (Å²) < 4.78 is 5.11. The Morgan fingerprint density at radius 1 is 1.75 bits per heavy atom. The maximum Gasteiger partial charge on any atom is 0.180 e. The summed E-state index contributed by atoms with van der Waals surface area (Å²) in [4.78, 5) is 21.4. The molecule has 0 aromatic rings. The highest BCUT2D eigenvalue weighted by Gasteiger charge is 2.23. The van der Waals surface area contributed by atoms with E-state index in [1.807, 2.05) is 6.92 Å². The van der Waals surface area contributed by atoms with E-state index in [1.54, 1.807) is 0 Å². The molecular formula is C7H8O3S2. The summed E-state index contributed by atoms with van der Waals surface area (Å²) in [5.41, 5.74) is 0. The third-order valence-corrected chi connectivity index (χ3v) is 3.64. The fourth-order valence-corrected chi connectivity index (χ4v) is 2.71. The lowest BCUT2D eigenvalue weighted by atomic mass is 10.3. The van der Waals surface area contributed by atoms with E-state index < -0.39 is 5.25 Å². The highest BCUT2D eigenvalue weighted by Crippen LogP contribution is 2.38. The summed E-state index contributed by atoms with van der Waals surface area (Å²) in [6.45, 7) is 2.39. The molecule has 1 rings (SSSR count). The standard InChI is InChI=1S/C7H8O3S2/c1-2-10-7-3-5(9)6(4-8)11-12-7/h3-4,6H,2H2,1H3. The van der Waals surface area contributed by atoms with Gasteiger partial charge >= 0.3 is 0 Å². The Labute approximate surface area is 78.3 Å². The van der Waals surface area contributed by atoms with Gasteiger partial charge in [-0.1, -0.05) is 10.8 Å². The fourth-order valence-electron chi connectivity index (χ4n) is 0.667. The van der Waals surface area contributed by atoms with Crippen LogP contribution in [0.3, 0.4) is 0 Å². The van der Waals surface area contributed by atoms with Crippen LogP contribution in [0.2, 0.25) is 0 Å². The van der Waals surface area contributed by atoms with Crippen LogP contribution in [0.25, 0.3) is 0 Å². The van der Waals surface area contributed by atoms with Crippen LogP contribution in [0.4, 0.5) is 0 Å². The molecule has 0 aromatic heterocycles. The molecule has 1 unspecified atom stereocenters. The number of rotatable bonds is 3. The molecule has 1 heterocycles. The van der Waals surface area contributed by atoms with Crippen molar-refractivity contribution in [2.75, 3.05) is 6.61 Å². The van der Waals surface area contributed by atoms with Crippen LogP contribution < -0.4 is 0 Å². The minimum atomic E-state index is -0.556. The molecule has 1 aliphatic rings. The molecule has 0 aliphatic carbocycles. The third kappa shape index (κ3) is 2.28. The van der Waals surface area contributed by atoms with Gasteiger partial charge in [-0.3, -0.25) is 4.79 Å². The molecule has 0 saturated heterocycles. The van der Waals surface area contributed by atoms with Gasteiger partial charge in [0.1, 0.15) is 11.5 Å². The number of ketones is 1. The van der Waals surface area contributed by atoms with E-state index >= 15 is 0 Å². The molecule has 5 heteroatoms. The number of carbonyl (C=O) groups excluding carboxylic acids is 2. The zero-order valence-electron chi connectivity index (χ0n) is 6.48. The van der Waals surface area contributed by atoms with E-state index in [-0.39, 0.29) is 5.78 Å². The number of hydrogen-bond acceptors (Lipinski definition) is 5. The molecule has 1 atom stereocenters. The smallest absolute Gasteiger partial charge is 0.180 e. The molecule has 0 spiro atoms. The second-order valence-corrected chi connectivity index (χ2v) is 4.38. The Bertz CT molecular complexity index is 225. The van der Waals surface area contributed by atoms with Gasteiger partial charge in [-0.05, 0) is 17.7 Å². The lowest BCUT2D eigenvalue weighted by Crippen LogP contribution is -2.18. The van der Waals surface area contributed by atoms with E-state index in [1.165, 1.54) is 27.7 Å². The zero-order chi connectivity index (χ0) is 8.97. The summed E-state index contributed by atoms with van der Waals surface area (Å²) in [7, 11) is 2.55. The van der Waals surface area contributed by atoms with Crippen LogP contribution in [0.5, 0.6) is 0 Å². The molecule has 0 amide bonds. The van der Waals surface area contributed by atoms with Crippen LogP contribution in [0.1, 0.15) is 6.92 Å². The van der Waals surface area contributed by atoms with Gasteiger partial charge in [0, 0.05) is 6.08 Å². The topological polar surface area (TPSA) is 43.4 Å². The van der Waals surface area contributed by atoms with Gasteiger partial charge in [-0.2, -0.15) is 0 Å². The van der Waals surface area contributed by atoms with E-state index in [0.29, 0.717) is 18.0 Å². The van der Waals surface area contributed by atoms with E-state index in [0.717, 1.165) is 0 Å². The first-order valence-electron chi connectivity index (χ1n) is 3.45. The molecule has 0 saturated carbocycles. The lowest BCUT2D eigenvalue weighted by molar-refractivity contribution is -0.118. The predicted molar refractivity (Wildman–Crippen MR) is 49.8 cm³/mol. The van der Waals surface area contributed by atoms with E-state index in [9.17, 15) is 9.59 Å². The van der Waals surface area contributed by atoms with Crippen LogP contribution in [-0.4, -0.2) is 23.9 Å². The van der Waals surface area contributed by atoms with Crippen LogP contribution in [-0.2, 0) is 14.3 Å². The first-order valence-corrected chi connectivity index (χ1v) is 5.66. The molecule has 0 radical (unpaired) electrons. The van der Waals surface area contributed by atoms with Gasteiger partial charge in [0.05, 0.1) is 6.61 Å². The maximum atomic E-state index is 11.1. The molecule has 0 fully saturated rings. The number of allylic oxidation sites excluding steroid dienone is 1. The van der Waals surface area contributed by atoms with Gasteiger partial charge < -0.3 is 9.53 Å². The Hall–Kier alpha value is -0.420. The number of carbonyl (C=O) groups is 2. The van der Waals surface area contributed by atoms with Gasteiger partial charge in [-0.25, -0.2) is 0 Å². The average molecular weight is 204 g/mol. The fraction of sp³-hybridized carbons (Fsp3) is 0.429. The monoisotopic (exact) mass is 204 g/mol. The Morgan fingerprint density at radius 3 is 3.00 bits per heavy atom. The van der Waals surface area contributed by atoms with Gasteiger partial charge in [-0.15, -0.1) is 0 Å². The minimum Gasteiger partial charge on any atom is -0.487 e. The van der Waals surface area contributed by atoms with Crippen molar-refractivity contribution in [2.45, 2.75) is 12.2 Å². The average Bonchev–Trinajstić information content (AvgIpc) is 2.05. The SMILES string of the molecule is CCOC1=CC(=O)C(C=O)SS1. The number of ether oxygens (including phenoxy) is 1. The van der Waals surface area contributed by atoms with Crippen molar-refractivity contribution < 1.29 is 14.3 Å². The number of hydrogen-bond donors (Lipinski definition) is 0. The Kier molecular flexibility index (Phi) is 3.68. The first-order chi connectivity index (χ1) is 5.77. The third-order valence-electron chi connectivity index (χ3n) is 1.18. The summed E-state index contributed by atoms with van der Waals surface area (Å²) >= 11 is 0. The molecule has 12 heavy (non-hydrogen) atoms. The first kappa shape index (κ1) is 9.67. The largest absolute Gasteiger partial charge is 0.487 e. The normalized spacial score (nSPS) is 23.2. The highest BCUT2D eigenvalue weighted by molar-refractivity contribution is 8.78. The molecule has 0 aromatic carbocycles. The van der Waals surface area contributed by atoms with E-state index in [4.69, 9.17) is 4.74 Å². The maximum absolute atomic E-state index is 11.1. The van der Waals surface area contributed by atoms with Gasteiger partial charge in [0.2, 0.25) is 0 Å². The Balaban J connectivity index is 2.61. The summed E-state index contributed by atoms with van der Waals surface area (Å²) in [6.07, 6.45) is 2.03. The zero-order valence-corrected chi connectivity index (χ0v) is 8.11. The van der Waals surface area contributed by atoms with Crippen LogP contribution in [0, 0.1) is 0 Å². The van der Waals surface area contributed by atoms with Crippen molar-refractivity contribution in [3.8, 4) is 0 Å². The summed E-state index contributed by atoms with van der Waals surface area (Å²) in [5.74, 6) is -0.183. The lowest BCUT2D eigenvalue weighted by Gasteiger charge is -2.14. The van der Waals surface area contributed by atoms with Gasteiger partial charge in [0.15, 0.2) is 10.9 Å². The van der Waals surface area contributed by atoms with Crippen molar-refractivity contribution in [1.82, 2.24) is 0 Å². The molecule has 1 aliphatic heterocycles. The number of aldehydes is 1. The summed E-state index contributed by atoms with van der Waals surface area (Å²) in [5, 5.41) is 0.0322. The van der Waals surface area contributed by atoms with Crippen molar-refractivity contribution in [2.24, 2.45) is 0 Å². The second-order valence-electron chi connectivity index (χ2n) is 2.03. The molecular weight excluding hydrogens is 196 g/mol. The Morgan fingerprint density at radius 2 is 2.50 bits per heavy atom. The van der Waals surface area contributed by atoms with Crippen LogP contribution >= 0.6 is 21.6 Å². The summed E-state index contributed by atoms with van der Waals surface area (Å²) in [6, 6.07) is 0. The highest BCUT2D eigenvalue weighted by atomic mass is 33.1. The van der Waals surface area contributed by atoms with Crippen molar-refractivity contribution in [1.29, 1.82) is 0 Å². The molecule has 66 valence electrons. The molecule has 3 nitrogen and oxygen atoms in total. The minimum absolute atomic E-state index is 0.183. The van der Waals surface area contributed by atoms with E-state index in [2.05, 4.69) is 0 Å².